The Bertz CT molecular complexity index is 663. The number of benzene rings is 1. The third-order valence-corrected chi connectivity index (χ3v) is 4.13. The summed E-state index contributed by atoms with van der Waals surface area (Å²) in [4.78, 5) is 34.3. The van der Waals surface area contributed by atoms with Gasteiger partial charge in [-0.1, -0.05) is 0 Å². The van der Waals surface area contributed by atoms with Gasteiger partial charge in [0.15, 0.2) is 6.61 Å². The van der Waals surface area contributed by atoms with Crippen LogP contribution in [-0.2, 0) is 25.3 Å². The molecule has 0 fully saturated rings. The summed E-state index contributed by atoms with van der Waals surface area (Å²) in [6, 6.07) is 2.96. The van der Waals surface area contributed by atoms with Crippen molar-refractivity contribution in [1.82, 2.24) is 0 Å². The lowest BCUT2D eigenvalue weighted by Gasteiger charge is -2.24. The lowest BCUT2D eigenvalue weighted by Crippen LogP contribution is -2.32. The normalized spacial score (nSPS) is 17.2. The Morgan fingerprint density at radius 3 is 2.65 bits per heavy atom. The Hall–Kier alpha value is -2.23. The summed E-state index contributed by atoms with van der Waals surface area (Å²) < 4.78 is 42.5. The average molecular weight is 348 g/mol. The Kier molecular flexibility index (Phi) is 4.83. The number of anilines is 1. The minimum atomic E-state index is -4.51. The van der Waals surface area contributed by atoms with E-state index in [1.807, 2.05) is 0 Å². The highest BCUT2D eigenvalue weighted by Gasteiger charge is 2.34. The Morgan fingerprint density at radius 1 is 1.35 bits per heavy atom. The van der Waals surface area contributed by atoms with E-state index in [0.29, 0.717) is 4.90 Å². The van der Waals surface area contributed by atoms with E-state index >= 15 is 0 Å². The largest absolute Gasteiger partial charge is 0.456 e. The number of hydrogen-bond acceptors (Lipinski definition) is 5. The van der Waals surface area contributed by atoms with Gasteiger partial charge in [-0.2, -0.15) is 13.2 Å². The van der Waals surface area contributed by atoms with Gasteiger partial charge in [-0.3, -0.25) is 14.4 Å². The van der Waals surface area contributed by atoms with E-state index in [1.54, 1.807) is 0 Å². The molecule has 0 radical (unpaired) electrons. The predicted octanol–water partition coefficient (Wildman–Crippen LogP) is 1.54. The number of nitrogens with one attached hydrogen (secondary N) is 1. The second kappa shape index (κ2) is 6.49. The van der Waals surface area contributed by atoms with Gasteiger partial charge in [0, 0.05) is 4.90 Å². The number of nitrogens with two attached hydrogens (primary N) is 1. The van der Waals surface area contributed by atoms with Gasteiger partial charge in [0.2, 0.25) is 5.91 Å². The predicted molar refractivity (Wildman–Crippen MR) is 74.5 cm³/mol. The lowest BCUT2D eigenvalue weighted by atomic mass is 10.1. The van der Waals surface area contributed by atoms with E-state index in [4.69, 9.17) is 5.73 Å². The Balaban J connectivity index is 2.08. The zero-order valence-electron chi connectivity index (χ0n) is 11.5. The molecular weight excluding hydrogens is 337 g/mol. The molecule has 1 aromatic rings. The number of carbonyl (C=O) groups excluding carboxylic acids is 3. The first kappa shape index (κ1) is 17.1. The van der Waals surface area contributed by atoms with Crippen LogP contribution in [0.4, 0.5) is 18.9 Å². The molecule has 1 aliphatic rings. The third kappa shape index (κ3) is 4.38. The number of thioether (sulfide) groups is 1. The monoisotopic (exact) mass is 348 g/mol. The maximum absolute atomic E-state index is 12.6. The maximum atomic E-state index is 12.6. The summed E-state index contributed by atoms with van der Waals surface area (Å²) in [5.41, 5.74) is 3.98. The van der Waals surface area contributed by atoms with E-state index < -0.39 is 41.4 Å². The van der Waals surface area contributed by atoms with Crippen LogP contribution in [-0.4, -0.2) is 29.6 Å². The molecule has 0 saturated heterocycles. The van der Waals surface area contributed by atoms with Crippen LogP contribution in [0.25, 0.3) is 0 Å². The average Bonchev–Trinajstić information content (AvgIpc) is 2.44. The molecule has 1 atom stereocenters. The fourth-order valence-electron chi connectivity index (χ4n) is 1.82. The molecule has 1 heterocycles. The van der Waals surface area contributed by atoms with Crippen LogP contribution in [0.2, 0.25) is 0 Å². The number of primary amides is 1. The molecule has 124 valence electrons. The first-order chi connectivity index (χ1) is 10.7. The minimum Gasteiger partial charge on any atom is -0.456 e. The van der Waals surface area contributed by atoms with Gasteiger partial charge < -0.3 is 15.8 Å². The molecule has 1 unspecified atom stereocenters. The van der Waals surface area contributed by atoms with Crippen molar-refractivity contribution in [3.05, 3.63) is 23.8 Å². The highest BCUT2D eigenvalue weighted by atomic mass is 32.2. The number of alkyl halides is 3. The molecule has 0 spiro atoms. The zero-order chi connectivity index (χ0) is 17.2. The summed E-state index contributed by atoms with van der Waals surface area (Å²) in [5.74, 6) is -2.24. The van der Waals surface area contributed by atoms with Gasteiger partial charge in [0.05, 0.1) is 22.9 Å². The first-order valence-electron chi connectivity index (χ1n) is 6.29. The van der Waals surface area contributed by atoms with E-state index in [0.717, 1.165) is 23.9 Å². The van der Waals surface area contributed by atoms with E-state index in [2.05, 4.69) is 10.1 Å². The van der Waals surface area contributed by atoms with Crippen LogP contribution >= 0.6 is 11.8 Å². The first-order valence-corrected chi connectivity index (χ1v) is 7.17. The molecule has 23 heavy (non-hydrogen) atoms. The van der Waals surface area contributed by atoms with Crippen molar-refractivity contribution in [3.63, 3.8) is 0 Å². The quantitative estimate of drug-likeness (QED) is 0.804. The van der Waals surface area contributed by atoms with Gasteiger partial charge in [0.25, 0.3) is 5.91 Å². The number of amides is 2. The van der Waals surface area contributed by atoms with Crippen LogP contribution in [0, 0.1) is 0 Å². The number of rotatable bonds is 4. The SMILES string of the molecule is NC(=O)COC(=O)CC1Sc2ccc(C(F)(F)F)cc2NC1=O. The number of esters is 1. The molecule has 10 heteroatoms. The van der Waals surface area contributed by atoms with Crippen molar-refractivity contribution in [2.75, 3.05) is 11.9 Å². The van der Waals surface area contributed by atoms with Gasteiger partial charge in [-0.25, -0.2) is 0 Å². The molecule has 1 aromatic carbocycles. The van der Waals surface area contributed by atoms with Crippen molar-refractivity contribution >= 4 is 35.2 Å². The number of hydrogen-bond donors (Lipinski definition) is 2. The molecule has 0 aromatic heterocycles. The number of carbonyl (C=O) groups is 3. The van der Waals surface area contributed by atoms with Crippen LogP contribution in [0.15, 0.2) is 23.1 Å². The second-order valence-electron chi connectivity index (χ2n) is 4.64. The van der Waals surface area contributed by atoms with Gasteiger partial charge in [-0.05, 0) is 18.2 Å². The Labute approximate surface area is 132 Å². The highest BCUT2D eigenvalue weighted by Crippen LogP contribution is 2.40. The summed E-state index contributed by atoms with van der Waals surface area (Å²) in [6.45, 7) is -0.594. The molecule has 0 saturated carbocycles. The summed E-state index contributed by atoms with van der Waals surface area (Å²) >= 11 is 0.951. The summed E-state index contributed by atoms with van der Waals surface area (Å²) in [5, 5.41) is 1.47. The fourth-order valence-corrected chi connectivity index (χ4v) is 2.90. The second-order valence-corrected chi connectivity index (χ2v) is 5.88. The number of ether oxygens (including phenoxy) is 1. The minimum absolute atomic E-state index is 0.0385. The lowest BCUT2D eigenvalue weighted by molar-refractivity contribution is -0.148. The van der Waals surface area contributed by atoms with Crippen LogP contribution in [0.1, 0.15) is 12.0 Å². The van der Waals surface area contributed by atoms with Crippen molar-refractivity contribution in [2.24, 2.45) is 5.73 Å². The van der Waals surface area contributed by atoms with E-state index in [9.17, 15) is 27.6 Å². The third-order valence-electron chi connectivity index (χ3n) is 2.85. The van der Waals surface area contributed by atoms with Gasteiger partial charge >= 0.3 is 12.1 Å². The summed E-state index contributed by atoms with van der Waals surface area (Å²) in [6.07, 6.45) is -4.84. The molecule has 6 nitrogen and oxygen atoms in total. The smallest absolute Gasteiger partial charge is 0.416 e. The van der Waals surface area contributed by atoms with Crippen molar-refractivity contribution < 1.29 is 32.3 Å². The molecule has 0 aliphatic carbocycles. The van der Waals surface area contributed by atoms with E-state index in [-0.39, 0.29) is 12.1 Å². The standard InChI is InChI=1S/C13H11F3N2O4S/c14-13(15,16)6-1-2-8-7(3-6)18-12(21)9(23-8)4-11(20)22-5-10(17)19/h1-3,9H,4-5H2,(H2,17,19)(H,18,21). The fraction of sp³-hybridized carbons (Fsp3) is 0.308. The topological polar surface area (TPSA) is 98.5 Å². The summed E-state index contributed by atoms with van der Waals surface area (Å²) in [7, 11) is 0. The van der Waals surface area contributed by atoms with Crippen molar-refractivity contribution in [3.8, 4) is 0 Å². The number of fused-ring (bicyclic) bond motifs is 1. The van der Waals surface area contributed by atoms with Crippen LogP contribution in [0.3, 0.4) is 0 Å². The van der Waals surface area contributed by atoms with Gasteiger partial charge in [-0.15, -0.1) is 11.8 Å². The zero-order valence-corrected chi connectivity index (χ0v) is 12.3. The molecule has 2 amide bonds. The van der Waals surface area contributed by atoms with Crippen molar-refractivity contribution in [1.29, 1.82) is 0 Å². The van der Waals surface area contributed by atoms with Gasteiger partial charge in [0.1, 0.15) is 0 Å². The molecular formula is C13H11F3N2O4S. The number of halogens is 3. The van der Waals surface area contributed by atoms with E-state index in [1.165, 1.54) is 6.07 Å². The molecule has 1 aliphatic heterocycles. The van der Waals surface area contributed by atoms with Crippen molar-refractivity contribution in [2.45, 2.75) is 22.7 Å². The molecule has 3 N–H and O–H groups in total. The Morgan fingerprint density at radius 2 is 2.04 bits per heavy atom. The maximum Gasteiger partial charge on any atom is 0.416 e. The highest BCUT2D eigenvalue weighted by molar-refractivity contribution is 8.01. The molecule has 0 bridgehead atoms. The molecule has 2 rings (SSSR count). The van der Waals surface area contributed by atoms with Crippen LogP contribution < -0.4 is 11.1 Å². The van der Waals surface area contributed by atoms with Crippen LogP contribution in [0.5, 0.6) is 0 Å².